The Morgan fingerprint density at radius 1 is 1.40 bits per heavy atom. The van der Waals surface area contributed by atoms with Gasteiger partial charge in [-0.3, -0.25) is 0 Å². The Hall–Kier alpha value is -0.860. The van der Waals surface area contributed by atoms with Gasteiger partial charge in [-0.2, -0.15) is 0 Å². The van der Waals surface area contributed by atoms with Gasteiger partial charge in [-0.1, -0.05) is 24.3 Å². The zero-order chi connectivity index (χ0) is 10.7. The van der Waals surface area contributed by atoms with Crippen molar-refractivity contribution in [3.05, 3.63) is 35.4 Å². The third-order valence-corrected chi connectivity index (χ3v) is 3.29. The van der Waals surface area contributed by atoms with E-state index in [1.165, 1.54) is 11.1 Å². The Morgan fingerprint density at radius 3 is 3.00 bits per heavy atom. The van der Waals surface area contributed by atoms with Gasteiger partial charge in [-0.15, -0.1) is 0 Å². The van der Waals surface area contributed by atoms with Gasteiger partial charge in [0.1, 0.15) is 0 Å². The van der Waals surface area contributed by atoms with E-state index in [-0.39, 0.29) is 5.54 Å². The molecular weight excluding hydrogens is 186 g/mol. The number of hydrogen-bond acceptors (Lipinski definition) is 2. The molecule has 2 heteroatoms. The van der Waals surface area contributed by atoms with Gasteiger partial charge in [0.2, 0.25) is 0 Å². The molecule has 0 heterocycles. The molecule has 0 amide bonds. The summed E-state index contributed by atoms with van der Waals surface area (Å²) in [5.41, 5.74) is 9.02. The van der Waals surface area contributed by atoms with Crippen molar-refractivity contribution in [2.24, 2.45) is 5.73 Å². The number of ether oxygens (including phenoxy) is 1. The smallest absolute Gasteiger partial charge is 0.0486 e. The van der Waals surface area contributed by atoms with Crippen LogP contribution in [0.2, 0.25) is 0 Å². The summed E-state index contributed by atoms with van der Waals surface area (Å²) in [7, 11) is 0. The molecule has 1 aliphatic carbocycles. The molecule has 82 valence electrons. The number of hydrogen-bond donors (Lipinski definition) is 1. The summed E-state index contributed by atoms with van der Waals surface area (Å²) < 4.78 is 5.40. The molecule has 0 saturated heterocycles. The highest BCUT2D eigenvalue weighted by molar-refractivity contribution is 5.38. The van der Waals surface area contributed by atoms with E-state index in [9.17, 15) is 0 Å². The van der Waals surface area contributed by atoms with Gasteiger partial charge in [0, 0.05) is 18.8 Å². The lowest BCUT2D eigenvalue weighted by atomic mass is 9.90. The summed E-state index contributed by atoms with van der Waals surface area (Å²) in [6, 6.07) is 8.51. The summed E-state index contributed by atoms with van der Waals surface area (Å²) in [4.78, 5) is 0. The first-order chi connectivity index (χ1) is 7.26. The molecule has 0 bridgehead atoms. The molecule has 0 radical (unpaired) electrons. The normalized spacial score (nSPS) is 24.1. The zero-order valence-electron chi connectivity index (χ0n) is 9.33. The van der Waals surface area contributed by atoms with E-state index in [4.69, 9.17) is 10.5 Å². The van der Waals surface area contributed by atoms with Crippen LogP contribution in [0.4, 0.5) is 0 Å². The second kappa shape index (κ2) is 4.33. The fourth-order valence-electron chi connectivity index (χ4n) is 2.37. The molecule has 1 atom stereocenters. The Balaban J connectivity index is 2.10. The first-order valence-corrected chi connectivity index (χ1v) is 5.71. The molecule has 1 unspecified atom stereocenters. The Bertz CT molecular complexity index is 337. The molecule has 15 heavy (non-hydrogen) atoms. The van der Waals surface area contributed by atoms with Gasteiger partial charge in [-0.05, 0) is 37.3 Å². The van der Waals surface area contributed by atoms with Gasteiger partial charge >= 0.3 is 0 Å². The van der Waals surface area contributed by atoms with E-state index in [1.54, 1.807) is 0 Å². The first-order valence-electron chi connectivity index (χ1n) is 5.71. The van der Waals surface area contributed by atoms with Gasteiger partial charge in [0.15, 0.2) is 0 Å². The van der Waals surface area contributed by atoms with Crippen molar-refractivity contribution in [1.82, 2.24) is 0 Å². The molecular formula is C13H19NO. The first kappa shape index (κ1) is 10.7. The number of rotatable bonds is 4. The SMILES string of the molecule is CCOCCC1(N)CCc2ccccc21. The minimum absolute atomic E-state index is 0.147. The quantitative estimate of drug-likeness (QED) is 0.765. The standard InChI is InChI=1S/C13H19NO/c1-2-15-10-9-13(14)8-7-11-5-3-4-6-12(11)13/h3-6H,2,7-10,14H2,1H3. The van der Waals surface area contributed by atoms with Gasteiger partial charge in [0.05, 0.1) is 0 Å². The van der Waals surface area contributed by atoms with Crippen LogP contribution in [0.25, 0.3) is 0 Å². The third-order valence-electron chi connectivity index (χ3n) is 3.29. The van der Waals surface area contributed by atoms with Crippen LogP contribution in [0.15, 0.2) is 24.3 Å². The number of nitrogens with two attached hydrogens (primary N) is 1. The lowest BCUT2D eigenvalue weighted by Gasteiger charge is -2.25. The van der Waals surface area contributed by atoms with Crippen LogP contribution in [-0.4, -0.2) is 13.2 Å². The van der Waals surface area contributed by atoms with Crippen molar-refractivity contribution < 1.29 is 4.74 Å². The van der Waals surface area contributed by atoms with Gasteiger partial charge < -0.3 is 10.5 Å². The second-order valence-corrected chi connectivity index (χ2v) is 4.26. The van der Waals surface area contributed by atoms with Crippen LogP contribution < -0.4 is 5.73 Å². The van der Waals surface area contributed by atoms with Crippen LogP contribution in [0.3, 0.4) is 0 Å². The summed E-state index contributed by atoms with van der Waals surface area (Å²) in [6.07, 6.45) is 3.09. The number of aryl methyl sites for hydroxylation is 1. The van der Waals surface area contributed by atoms with Crippen molar-refractivity contribution >= 4 is 0 Å². The fraction of sp³-hybridized carbons (Fsp3) is 0.538. The minimum Gasteiger partial charge on any atom is -0.382 e. The molecule has 2 rings (SSSR count). The Kier molecular flexibility index (Phi) is 3.08. The number of benzene rings is 1. The second-order valence-electron chi connectivity index (χ2n) is 4.26. The maximum absolute atomic E-state index is 6.43. The summed E-state index contributed by atoms with van der Waals surface area (Å²) >= 11 is 0. The van der Waals surface area contributed by atoms with E-state index >= 15 is 0 Å². The molecule has 2 N–H and O–H groups in total. The topological polar surface area (TPSA) is 35.2 Å². The Morgan fingerprint density at radius 2 is 2.20 bits per heavy atom. The highest BCUT2D eigenvalue weighted by Crippen LogP contribution is 2.36. The molecule has 0 aliphatic heterocycles. The van der Waals surface area contributed by atoms with Crippen molar-refractivity contribution in [2.75, 3.05) is 13.2 Å². The molecule has 1 aromatic carbocycles. The van der Waals surface area contributed by atoms with E-state index in [2.05, 4.69) is 24.3 Å². The molecule has 0 saturated carbocycles. The van der Waals surface area contributed by atoms with Gasteiger partial charge in [-0.25, -0.2) is 0 Å². The maximum Gasteiger partial charge on any atom is 0.0486 e. The largest absolute Gasteiger partial charge is 0.382 e. The monoisotopic (exact) mass is 205 g/mol. The lowest BCUT2D eigenvalue weighted by Crippen LogP contribution is -2.35. The van der Waals surface area contributed by atoms with Crippen LogP contribution in [0.1, 0.15) is 30.9 Å². The maximum atomic E-state index is 6.43. The average molecular weight is 205 g/mol. The third kappa shape index (κ3) is 2.06. The number of fused-ring (bicyclic) bond motifs is 1. The summed E-state index contributed by atoms with van der Waals surface area (Å²) in [5.74, 6) is 0. The predicted octanol–water partition coefficient (Wildman–Crippen LogP) is 2.21. The van der Waals surface area contributed by atoms with E-state index < -0.39 is 0 Å². The van der Waals surface area contributed by atoms with Crippen molar-refractivity contribution in [3.63, 3.8) is 0 Å². The van der Waals surface area contributed by atoms with Crippen LogP contribution in [0.5, 0.6) is 0 Å². The minimum atomic E-state index is -0.147. The van der Waals surface area contributed by atoms with E-state index in [0.29, 0.717) is 0 Å². The van der Waals surface area contributed by atoms with Crippen molar-refractivity contribution in [3.8, 4) is 0 Å². The summed E-state index contributed by atoms with van der Waals surface area (Å²) in [5, 5.41) is 0. The molecule has 0 spiro atoms. The molecule has 1 aromatic rings. The predicted molar refractivity (Wildman–Crippen MR) is 61.7 cm³/mol. The molecule has 0 fully saturated rings. The molecule has 2 nitrogen and oxygen atoms in total. The van der Waals surface area contributed by atoms with E-state index in [1.807, 2.05) is 6.92 Å². The van der Waals surface area contributed by atoms with Crippen LogP contribution in [0, 0.1) is 0 Å². The lowest BCUT2D eigenvalue weighted by molar-refractivity contribution is 0.125. The molecule has 1 aliphatic rings. The van der Waals surface area contributed by atoms with Gasteiger partial charge in [0.25, 0.3) is 0 Å². The average Bonchev–Trinajstić information content (AvgIpc) is 2.59. The zero-order valence-corrected chi connectivity index (χ0v) is 9.33. The van der Waals surface area contributed by atoms with Crippen molar-refractivity contribution in [1.29, 1.82) is 0 Å². The van der Waals surface area contributed by atoms with Crippen LogP contribution >= 0.6 is 0 Å². The fourth-order valence-corrected chi connectivity index (χ4v) is 2.37. The molecule has 0 aromatic heterocycles. The summed E-state index contributed by atoms with van der Waals surface area (Å²) in [6.45, 7) is 3.56. The van der Waals surface area contributed by atoms with Crippen molar-refractivity contribution in [2.45, 2.75) is 31.7 Å². The van der Waals surface area contributed by atoms with Crippen LogP contribution in [-0.2, 0) is 16.7 Å². The highest BCUT2D eigenvalue weighted by Gasteiger charge is 2.33. The Labute approximate surface area is 91.4 Å². The van der Waals surface area contributed by atoms with E-state index in [0.717, 1.165) is 32.5 Å². The highest BCUT2D eigenvalue weighted by atomic mass is 16.5.